The summed E-state index contributed by atoms with van der Waals surface area (Å²) in [4.78, 5) is 14.2. The van der Waals surface area contributed by atoms with Gasteiger partial charge in [0.05, 0.1) is 0 Å². The van der Waals surface area contributed by atoms with Gasteiger partial charge in [0.25, 0.3) is 0 Å². The van der Waals surface area contributed by atoms with Crippen LogP contribution in [0.4, 0.5) is 11.4 Å². The van der Waals surface area contributed by atoms with Gasteiger partial charge in [0.1, 0.15) is 0 Å². The molecule has 0 spiro atoms. The fourth-order valence-corrected chi connectivity index (χ4v) is 2.49. The molecule has 2 rings (SSSR count). The molecule has 0 aromatic heterocycles. The van der Waals surface area contributed by atoms with Gasteiger partial charge in [0.2, 0.25) is 5.91 Å². The van der Waals surface area contributed by atoms with Crippen LogP contribution >= 0.6 is 0 Å². The van der Waals surface area contributed by atoms with Crippen molar-refractivity contribution >= 4 is 17.3 Å². The van der Waals surface area contributed by atoms with E-state index in [1.54, 1.807) is 0 Å². The maximum atomic E-state index is 12.4. The van der Waals surface area contributed by atoms with Crippen molar-refractivity contribution in [3.05, 3.63) is 59.7 Å². The zero-order valence-electron chi connectivity index (χ0n) is 13.6. The number of anilines is 2. The molecule has 2 aromatic rings. The quantitative estimate of drug-likeness (QED) is 0.868. The molecule has 22 heavy (non-hydrogen) atoms. The smallest absolute Gasteiger partial charge is 0.228 e. The molecule has 0 radical (unpaired) electrons. The molecule has 0 aliphatic carbocycles. The molecule has 0 fully saturated rings. The Labute approximate surface area is 133 Å². The maximum Gasteiger partial charge on any atom is 0.228 e. The molecule has 1 N–H and O–H groups in total. The van der Waals surface area contributed by atoms with E-state index in [2.05, 4.69) is 31.3 Å². The van der Waals surface area contributed by atoms with Crippen molar-refractivity contribution in [1.29, 1.82) is 0 Å². The van der Waals surface area contributed by atoms with Crippen LogP contribution in [0.25, 0.3) is 0 Å². The molecular formula is C19H24N2O. The van der Waals surface area contributed by atoms with Crippen molar-refractivity contribution in [2.24, 2.45) is 0 Å². The lowest BCUT2D eigenvalue weighted by atomic mass is 10.1. The zero-order valence-corrected chi connectivity index (χ0v) is 13.6. The Hall–Kier alpha value is -2.29. The molecule has 116 valence electrons. The van der Waals surface area contributed by atoms with Crippen molar-refractivity contribution in [3.63, 3.8) is 0 Å². The van der Waals surface area contributed by atoms with Gasteiger partial charge in [-0.1, -0.05) is 30.3 Å². The van der Waals surface area contributed by atoms with E-state index in [1.807, 2.05) is 48.2 Å². The van der Waals surface area contributed by atoms with E-state index in [0.29, 0.717) is 19.5 Å². The minimum absolute atomic E-state index is 0.145. The summed E-state index contributed by atoms with van der Waals surface area (Å²) in [5.41, 5.74) is 4.57. The highest BCUT2D eigenvalue weighted by molar-refractivity contribution is 5.93. The normalized spacial score (nSPS) is 10.3. The Kier molecular flexibility index (Phi) is 5.59. The van der Waals surface area contributed by atoms with Crippen molar-refractivity contribution in [1.82, 2.24) is 0 Å². The molecule has 0 unspecified atom stereocenters. The Morgan fingerprint density at radius 3 is 2.45 bits per heavy atom. The minimum atomic E-state index is 0.145. The van der Waals surface area contributed by atoms with Crippen LogP contribution in [0.2, 0.25) is 0 Å². The minimum Gasteiger partial charge on any atom is -0.384 e. The fraction of sp³-hybridized carbons (Fsp3) is 0.316. The molecule has 3 nitrogen and oxygen atoms in total. The first-order valence-corrected chi connectivity index (χ1v) is 7.79. The van der Waals surface area contributed by atoms with Gasteiger partial charge < -0.3 is 10.2 Å². The summed E-state index contributed by atoms with van der Waals surface area (Å²) in [6.45, 7) is 7.53. The van der Waals surface area contributed by atoms with Crippen LogP contribution in [0, 0.1) is 13.8 Å². The molecule has 0 saturated carbocycles. The topological polar surface area (TPSA) is 32.3 Å². The lowest BCUT2D eigenvalue weighted by molar-refractivity contribution is -0.118. The van der Waals surface area contributed by atoms with Crippen LogP contribution in [-0.2, 0) is 4.79 Å². The van der Waals surface area contributed by atoms with Crippen molar-refractivity contribution in [2.75, 3.05) is 23.3 Å². The molecule has 0 saturated heterocycles. The number of nitrogens with zero attached hydrogens (tertiary/aromatic N) is 1. The van der Waals surface area contributed by atoms with Crippen LogP contribution in [0.3, 0.4) is 0 Å². The first kappa shape index (κ1) is 16.1. The number of para-hydroxylation sites is 1. The maximum absolute atomic E-state index is 12.4. The predicted octanol–water partition coefficient (Wildman–Crippen LogP) is 4.16. The molecular weight excluding hydrogens is 272 g/mol. The summed E-state index contributed by atoms with van der Waals surface area (Å²) in [6, 6.07) is 16.0. The highest BCUT2D eigenvalue weighted by Crippen LogP contribution is 2.18. The molecule has 0 heterocycles. The SMILES string of the molecule is CCN(C(=O)CCNc1cccc(C)c1C)c1ccccc1. The Balaban J connectivity index is 1.93. The standard InChI is InChI=1S/C19H24N2O/c1-4-21(17-10-6-5-7-11-17)19(22)13-14-20-18-12-8-9-15(2)16(18)3/h5-12,20H,4,13-14H2,1-3H3. The average molecular weight is 296 g/mol. The summed E-state index contributed by atoms with van der Waals surface area (Å²) < 4.78 is 0. The van der Waals surface area contributed by atoms with E-state index in [9.17, 15) is 4.79 Å². The lowest BCUT2D eigenvalue weighted by Crippen LogP contribution is -2.31. The first-order chi connectivity index (χ1) is 10.6. The van der Waals surface area contributed by atoms with Crippen molar-refractivity contribution < 1.29 is 4.79 Å². The number of aryl methyl sites for hydroxylation is 1. The van der Waals surface area contributed by atoms with Crippen LogP contribution in [0.5, 0.6) is 0 Å². The largest absolute Gasteiger partial charge is 0.384 e. The third kappa shape index (κ3) is 3.88. The van der Waals surface area contributed by atoms with Crippen LogP contribution in [0.15, 0.2) is 48.5 Å². The van der Waals surface area contributed by atoms with E-state index >= 15 is 0 Å². The highest BCUT2D eigenvalue weighted by atomic mass is 16.2. The summed E-state index contributed by atoms with van der Waals surface area (Å²) in [5, 5.41) is 3.37. The van der Waals surface area contributed by atoms with Crippen LogP contribution < -0.4 is 10.2 Å². The second-order valence-corrected chi connectivity index (χ2v) is 5.40. The van der Waals surface area contributed by atoms with Crippen molar-refractivity contribution in [2.45, 2.75) is 27.2 Å². The Bertz CT molecular complexity index is 623. The van der Waals surface area contributed by atoms with Crippen molar-refractivity contribution in [3.8, 4) is 0 Å². The van der Waals surface area contributed by atoms with E-state index < -0.39 is 0 Å². The molecule has 0 atom stereocenters. The number of carbonyl (C=O) groups is 1. The molecule has 0 aliphatic rings. The Morgan fingerprint density at radius 1 is 1.05 bits per heavy atom. The summed E-state index contributed by atoms with van der Waals surface area (Å²) in [7, 11) is 0. The first-order valence-electron chi connectivity index (χ1n) is 7.79. The van der Waals surface area contributed by atoms with Crippen LogP contribution in [-0.4, -0.2) is 19.0 Å². The molecule has 0 aliphatic heterocycles. The number of hydrogen-bond donors (Lipinski definition) is 1. The van der Waals surface area contributed by atoms with E-state index in [-0.39, 0.29) is 5.91 Å². The van der Waals surface area contributed by atoms with Gasteiger partial charge in [0.15, 0.2) is 0 Å². The van der Waals surface area contributed by atoms with Gasteiger partial charge in [-0.2, -0.15) is 0 Å². The van der Waals surface area contributed by atoms with E-state index in [4.69, 9.17) is 0 Å². The summed E-state index contributed by atoms with van der Waals surface area (Å²) in [5.74, 6) is 0.145. The molecule has 1 amide bonds. The van der Waals surface area contributed by atoms with Gasteiger partial charge in [0, 0.05) is 30.9 Å². The number of nitrogens with one attached hydrogen (secondary N) is 1. The van der Waals surface area contributed by atoms with Crippen LogP contribution in [0.1, 0.15) is 24.5 Å². The second-order valence-electron chi connectivity index (χ2n) is 5.40. The Morgan fingerprint density at radius 2 is 1.77 bits per heavy atom. The summed E-state index contributed by atoms with van der Waals surface area (Å²) in [6.07, 6.45) is 0.482. The van der Waals surface area contributed by atoms with Gasteiger partial charge >= 0.3 is 0 Å². The van der Waals surface area contributed by atoms with Gasteiger partial charge in [-0.3, -0.25) is 4.79 Å². The number of benzene rings is 2. The zero-order chi connectivity index (χ0) is 15.9. The summed E-state index contributed by atoms with van der Waals surface area (Å²) >= 11 is 0. The lowest BCUT2D eigenvalue weighted by Gasteiger charge is -2.21. The number of carbonyl (C=O) groups excluding carboxylic acids is 1. The number of amides is 1. The van der Waals surface area contributed by atoms with E-state index in [0.717, 1.165) is 11.4 Å². The van der Waals surface area contributed by atoms with Gasteiger partial charge in [-0.15, -0.1) is 0 Å². The van der Waals surface area contributed by atoms with Gasteiger partial charge in [-0.05, 0) is 50.1 Å². The molecule has 0 bridgehead atoms. The predicted molar refractivity (Wildman–Crippen MR) is 93.5 cm³/mol. The molecule has 2 aromatic carbocycles. The van der Waals surface area contributed by atoms with Gasteiger partial charge in [-0.25, -0.2) is 0 Å². The third-order valence-electron chi connectivity index (χ3n) is 3.94. The third-order valence-corrected chi connectivity index (χ3v) is 3.94. The van der Waals surface area contributed by atoms with E-state index in [1.165, 1.54) is 11.1 Å². The highest BCUT2D eigenvalue weighted by Gasteiger charge is 2.13. The molecule has 3 heteroatoms. The number of rotatable bonds is 6. The fourth-order valence-electron chi connectivity index (χ4n) is 2.49. The average Bonchev–Trinajstić information content (AvgIpc) is 2.53. The monoisotopic (exact) mass is 296 g/mol. The second kappa shape index (κ2) is 7.64. The number of hydrogen-bond acceptors (Lipinski definition) is 2.